The highest BCUT2D eigenvalue weighted by atomic mass is 32.2. The molecule has 29 heavy (non-hydrogen) atoms. The first-order valence-corrected chi connectivity index (χ1v) is 10.3. The average Bonchev–Trinajstić information content (AvgIpc) is 2.70. The number of aryl methyl sites for hydroxylation is 2. The lowest BCUT2D eigenvalue weighted by molar-refractivity contribution is -0.115. The Balaban J connectivity index is 1.64. The Hall–Kier alpha value is -3.05. The lowest BCUT2D eigenvalue weighted by Gasteiger charge is -2.14. The molecule has 2 N–H and O–H groups in total. The Bertz CT molecular complexity index is 1030. The van der Waals surface area contributed by atoms with E-state index in [4.69, 9.17) is 0 Å². The van der Waals surface area contributed by atoms with E-state index in [1.54, 1.807) is 6.07 Å². The van der Waals surface area contributed by atoms with Crippen LogP contribution in [0.15, 0.2) is 77.7 Å². The zero-order chi connectivity index (χ0) is 20.8. The van der Waals surface area contributed by atoms with E-state index < -0.39 is 0 Å². The van der Waals surface area contributed by atoms with Crippen molar-refractivity contribution >= 4 is 35.0 Å². The van der Waals surface area contributed by atoms with Crippen molar-refractivity contribution in [2.75, 3.05) is 10.6 Å². The summed E-state index contributed by atoms with van der Waals surface area (Å²) in [5.41, 5.74) is 4.21. The highest BCUT2D eigenvalue weighted by Crippen LogP contribution is 2.27. The van der Waals surface area contributed by atoms with E-state index in [1.807, 2.05) is 87.5 Å². The van der Waals surface area contributed by atoms with Crippen LogP contribution in [-0.4, -0.2) is 17.1 Å². The number of amides is 2. The number of rotatable bonds is 6. The lowest BCUT2D eigenvalue weighted by Crippen LogP contribution is -2.22. The molecule has 0 aromatic heterocycles. The fourth-order valence-electron chi connectivity index (χ4n) is 2.84. The van der Waals surface area contributed by atoms with E-state index in [9.17, 15) is 9.59 Å². The SMILES string of the molecule is Cc1cccc(C(=O)Nc2cccc(SC(C)C(=O)Nc3ccccc3C)c2)c1. The van der Waals surface area contributed by atoms with Gasteiger partial charge in [0.15, 0.2) is 0 Å². The molecule has 4 nitrogen and oxygen atoms in total. The van der Waals surface area contributed by atoms with E-state index in [1.165, 1.54) is 11.8 Å². The molecule has 0 aliphatic carbocycles. The number of hydrogen-bond donors (Lipinski definition) is 2. The summed E-state index contributed by atoms with van der Waals surface area (Å²) in [6, 6.07) is 22.7. The Morgan fingerprint density at radius 1 is 0.862 bits per heavy atom. The second-order valence-corrected chi connectivity index (χ2v) is 8.33. The van der Waals surface area contributed by atoms with Crippen molar-refractivity contribution in [3.63, 3.8) is 0 Å². The third kappa shape index (κ3) is 5.72. The Kier molecular flexibility index (Phi) is 6.73. The van der Waals surface area contributed by atoms with Crippen molar-refractivity contribution in [3.05, 3.63) is 89.5 Å². The number of carbonyl (C=O) groups is 2. The first-order chi connectivity index (χ1) is 13.9. The summed E-state index contributed by atoms with van der Waals surface area (Å²) < 4.78 is 0. The van der Waals surface area contributed by atoms with Crippen molar-refractivity contribution in [2.24, 2.45) is 0 Å². The number of anilines is 2. The van der Waals surface area contributed by atoms with Gasteiger partial charge in [-0.25, -0.2) is 0 Å². The summed E-state index contributed by atoms with van der Waals surface area (Å²) in [5, 5.41) is 5.62. The van der Waals surface area contributed by atoms with E-state index in [-0.39, 0.29) is 17.1 Å². The topological polar surface area (TPSA) is 58.2 Å². The van der Waals surface area contributed by atoms with Crippen LogP contribution in [0.25, 0.3) is 0 Å². The van der Waals surface area contributed by atoms with E-state index in [0.717, 1.165) is 21.7 Å². The maximum Gasteiger partial charge on any atom is 0.255 e. The fraction of sp³-hybridized carbons (Fsp3) is 0.167. The van der Waals surface area contributed by atoms with Gasteiger partial charge in [0.05, 0.1) is 5.25 Å². The van der Waals surface area contributed by atoms with Crippen LogP contribution in [0.1, 0.15) is 28.4 Å². The predicted octanol–water partition coefficient (Wildman–Crippen LogP) is 5.68. The third-order valence-corrected chi connectivity index (χ3v) is 5.55. The Morgan fingerprint density at radius 2 is 1.62 bits per heavy atom. The first kappa shape index (κ1) is 20.7. The van der Waals surface area contributed by atoms with Crippen molar-refractivity contribution in [1.29, 1.82) is 0 Å². The molecule has 0 spiro atoms. The molecule has 148 valence electrons. The second kappa shape index (κ2) is 9.43. The molecule has 1 atom stereocenters. The number of nitrogens with one attached hydrogen (secondary N) is 2. The summed E-state index contributed by atoms with van der Waals surface area (Å²) in [6.07, 6.45) is 0. The van der Waals surface area contributed by atoms with Crippen LogP contribution in [-0.2, 0) is 4.79 Å². The summed E-state index contributed by atoms with van der Waals surface area (Å²) in [5.74, 6) is -0.209. The van der Waals surface area contributed by atoms with Crippen LogP contribution in [0.4, 0.5) is 11.4 Å². The third-order valence-electron chi connectivity index (χ3n) is 4.46. The zero-order valence-electron chi connectivity index (χ0n) is 16.7. The summed E-state index contributed by atoms with van der Waals surface area (Å²) in [4.78, 5) is 25.9. The molecule has 0 radical (unpaired) electrons. The molecule has 0 saturated heterocycles. The van der Waals surface area contributed by atoms with Gasteiger partial charge >= 0.3 is 0 Å². The molecular formula is C24H24N2O2S. The molecule has 0 saturated carbocycles. The highest BCUT2D eigenvalue weighted by Gasteiger charge is 2.16. The highest BCUT2D eigenvalue weighted by molar-refractivity contribution is 8.00. The van der Waals surface area contributed by atoms with Gasteiger partial charge in [-0.1, -0.05) is 42.0 Å². The number of benzene rings is 3. The predicted molar refractivity (Wildman–Crippen MR) is 121 cm³/mol. The number of hydrogen-bond acceptors (Lipinski definition) is 3. The largest absolute Gasteiger partial charge is 0.325 e. The molecule has 3 aromatic rings. The minimum Gasteiger partial charge on any atom is -0.325 e. The van der Waals surface area contributed by atoms with Crippen molar-refractivity contribution < 1.29 is 9.59 Å². The average molecular weight is 405 g/mol. The summed E-state index contributed by atoms with van der Waals surface area (Å²) in [6.45, 7) is 5.79. The molecule has 2 amide bonds. The van der Waals surface area contributed by atoms with Gasteiger partial charge in [0.25, 0.3) is 5.91 Å². The normalized spacial score (nSPS) is 11.6. The molecule has 1 unspecified atom stereocenters. The van der Waals surface area contributed by atoms with Crippen molar-refractivity contribution in [2.45, 2.75) is 30.9 Å². The molecular weight excluding hydrogens is 380 g/mol. The minimum atomic E-state index is -0.280. The van der Waals surface area contributed by atoms with Crippen LogP contribution in [0.2, 0.25) is 0 Å². The fourth-order valence-corrected chi connectivity index (χ4v) is 3.77. The Labute approximate surface area is 175 Å². The molecule has 0 heterocycles. The smallest absolute Gasteiger partial charge is 0.255 e. The van der Waals surface area contributed by atoms with Crippen LogP contribution in [0.3, 0.4) is 0 Å². The van der Waals surface area contributed by atoms with Crippen LogP contribution in [0.5, 0.6) is 0 Å². The van der Waals surface area contributed by atoms with Gasteiger partial charge < -0.3 is 10.6 Å². The lowest BCUT2D eigenvalue weighted by atomic mass is 10.1. The van der Waals surface area contributed by atoms with Gasteiger partial charge in [0.2, 0.25) is 5.91 Å². The maximum atomic E-state index is 12.5. The molecule has 0 bridgehead atoms. The zero-order valence-corrected chi connectivity index (χ0v) is 17.5. The van der Waals surface area contributed by atoms with Crippen LogP contribution >= 0.6 is 11.8 Å². The standard InChI is InChI=1S/C24H24N2O2S/c1-16-8-6-10-19(14-16)24(28)25-20-11-7-12-21(15-20)29-18(3)23(27)26-22-13-5-4-9-17(22)2/h4-15,18H,1-3H3,(H,25,28)(H,26,27). The van der Waals surface area contributed by atoms with Gasteiger partial charge in [-0.05, 0) is 62.7 Å². The van der Waals surface area contributed by atoms with Gasteiger partial charge in [-0.2, -0.15) is 0 Å². The number of carbonyl (C=O) groups excluding carboxylic acids is 2. The van der Waals surface area contributed by atoms with E-state index in [2.05, 4.69) is 10.6 Å². The van der Waals surface area contributed by atoms with Crippen LogP contribution < -0.4 is 10.6 Å². The minimum absolute atomic E-state index is 0.0569. The van der Waals surface area contributed by atoms with Crippen molar-refractivity contribution in [1.82, 2.24) is 0 Å². The summed E-state index contributed by atoms with van der Waals surface area (Å²) in [7, 11) is 0. The Morgan fingerprint density at radius 3 is 2.38 bits per heavy atom. The van der Waals surface area contributed by atoms with Gasteiger partial charge in [0, 0.05) is 21.8 Å². The monoisotopic (exact) mass is 404 g/mol. The molecule has 3 rings (SSSR count). The van der Waals surface area contributed by atoms with Crippen LogP contribution in [0, 0.1) is 13.8 Å². The quantitative estimate of drug-likeness (QED) is 0.520. The maximum absolute atomic E-state index is 12.5. The molecule has 5 heteroatoms. The molecule has 0 aliphatic rings. The van der Waals surface area contributed by atoms with Gasteiger partial charge in [0.1, 0.15) is 0 Å². The van der Waals surface area contributed by atoms with E-state index in [0.29, 0.717) is 11.3 Å². The summed E-state index contributed by atoms with van der Waals surface area (Å²) >= 11 is 1.45. The number of para-hydroxylation sites is 1. The number of thioether (sulfide) groups is 1. The van der Waals surface area contributed by atoms with E-state index >= 15 is 0 Å². The second-order valence-electron chi connectivity index (χ2n) is 6.92. The first-order valence-electron chi connectivity index (χ1n) is 9.43. The van der Waals surface area contributed by atoms with Gasteiger partial charge in [-0.15, -0.1) is 11.8 Å². The van der Waals surface area contributed by atoms with Gasteiger partial charge in [-0.3, -0.25) is 9.59 Å². The molecule has 0 aliphatic heterocycles. The van der Waals surface area contributed by atoms with Crippen molar-refractivity contribution in [3.8, 4) is 0 Å². The molecule has 0 fully saturated rings. The molecule has 3 aromatic carbocycles.